The number of piperidine rings is 1. The van der Waals surface area contributed by atoms with Gasteiger partial charge >= 0.3 is 0 Å². The molecule has 0 saturated carbocycles. The van der Waals surface area contributed by atoms with E-state index in [1.165, 1.54) is 5.56 Å². The summed E-state index contributed by atoms with van der Waals surface area (Å²) in [6.07, 6.45) is 3.62. The van der Waals surface area contributed by atoms with Gasteiger partial charge in [0.2, 0.25) is 5.91 Å². The summed E-state index contributed by atoms with van der Waals surface area (Å²) in [6.45, 7) is 2.65. The van der Waals surface area contributed by atoms with Gasteiger partial charge in [0.25, 0.3) is 5.91 Å². The normalized spacial score (nSPS) is 14.6. The third-order valence-electron chi connectivity index (χ3n) is 6.58. The van der Waals surface area contributed by atoms with Gasteiger partial charge in [-0.2, -0.15) is 0 Å². The number of rotatable bonds is 7. The molecular weight excluding hydrogens is 436 g/mol. The first kappa shape index (κ1) is 22.9. The standard InChI is InChI=1S/C29H30N4O2/c34-28(30-23-11-5-2-6-12-23)21-32-17-15-24(16-18-32)31-29(35)26-20-33(19-22-9-3-1-4-10-22)27-14-8-7-13-25(26)27/h1-14,20,24H,15-19,21H2,(H,30,34)(H,31,35). The first-order chi connectivity index (χ1) is 17.2. The molecule has 0 spiro atoms. The minimum atomic E-state index is -0.0340. The van der Waals surface area contributed by atoms with E-state index in [0.717, 1.165) is 49.1 Å². The Morgan fingerprint density at radius 1 is 0.829 bits per heavy atom. The summed E-state index contributed by atoms with van der Waals surface area (Å²) < 4.78 is 2.15. The van der Waals surface area contributed by atoms with Crippen LogP contribution in [0.25, 0.3) is 10.9 Å². The van der Waals surface area contributed by atoms with E-state index < -0.39 is 0 Å². The van der Waals surface area contributed by atoms with Gasteiger partial charge in [-0.1, -0.05) is 66.7 Å². The van der Waals surface area contributed by atoms with Gasteiger partial charge in [-0.15, -0.1) is 0 Å². The lowest BCUT2D eigenvalue weighted by atomic mass is 10.0. The average molecular weight is 467 g/mol. The highest BCUT2D eigenvalue weighted by molar-refractivity contribution is 6.07. The highest BCUT2D eigenvalue weighted by Crippen LogP contribution is 2.23. The molecule has 4 aromatic rings. The number of fused-ring (bicyclic) bond motifs is 1. The van der Waals surface area contributed by atoms with Crippen LogP contribution >= 0.6 is 0 Å². The fraction of sp³-hybridized carbons (Fsp3) is 0.241. The molecule has 1 fully saturated rings. The second kappa shape index (κ2) is 10.6. The van der Waals surface area contributed by atoms with E-state index in [0.29, 0.717) is 12.1 Å². The first-order valence-corrected chi connectivity index (χ1v) is 12.2. The van der Waals surface area contributed by atoms with Crippen molar-refractivity contribution < 1.29 is 9.59 Å². The molecule has 35 heavy (non-hydrogen) atoms. The van der Waals surface area contributed by atoms with Crippen molar-refractivity contribution in [3.05, 3.63) is 102 Å². The fourth-order valence-electron chi connectivity index (χ4n) is 4.76. The number of aromatic nitrogens is 1. The maximum absolute atomic E-state index is 13.3. The molecule has 0 atom stereocenters. The lowest BCUT2D eigenvalue weighted by Crippen LogP contribution is -2.46. The van der Waals surface area contributed by atoms with Gasteiger partial charge in [-0.25, -0.2) is 0 Å². The summed E-state index contributed by atoms with van der Waals surface area (Å²) in [4.78, 5) is 27.8. The van der Waals surface area contributed by atoms with Crippen molar-refractivity contribution in [3.63, 3.8) is 0 Å². The molecule has 178 valence electrons. The molecule has 6 nitrogen and oxygen atoms in total. The van der Waals surface area contributed by atoms with Gasteiger partial charge in [-0.05, 0) is 36.6 Å². The highest BCUT2D eigenvalue weighted by atomic mass is 16.2. The second-order valence-corrected chi connectivity index (χ2v) is 9.11. The SMILES string of the molecule is O=C(CN1CCC(NC(=O)c2cn(Cc3ccccc3)c3ccccc23)CC1)Nc1ccccc1. The zero-order chi connectivity index (χ0) is 24.0. The van der Waals surface area contributed by atoms with E-state index in [4.69, 9.17) is 0 Å². The smallest absolute Gasteiger partial charge is 0.253 e. The number of carbonyl (C=O) groups is 2. The van der Waals surface area contributed by atoms with Crippen LogP contribution in [0.4, 0.5) is 5.69 Å². The van der Waals surface area contributed by atoms with E-state index in [1.807, 2.05) is 72.9 Å². The summed E-state index contributed by atoms with van der Waals surface area (Å²) in [5, 5.41) is 7.15. The third-order valence-corrected chi connectivity index (χ3v) is 6.58. The number of hydrogen-bond donors (Lipinski definition) is 2. The number of likely N-dealkylation sites (tertiary alicyclic amines) is 1. The number of nitrogens with zero attached hydrogens (tertiary/aromatic N) is 2. The van der Waals surface area contributed by atoms with Crippen molar-refractivity contribution in [3.8, 4) is 0 Å². The Morgan fingerprint density at radius 3 is 2.23 bits per heavy atom. The van der Waals surface area contributed by atoms with Crippen LogP contribution in [0.15, 0.2) is 91.1 Å². The molecule has 3 aromatic carbocycles. The number of nitrogens with one attached hydrogen (secondary N) is 2. The van der Waals surface area contributed by atoms with E-state index in [2.05, 4.69) is 38.3 Å². The van der Waals surface area contributed by atoms with Gasteiger partial charge in [0.1, 0.15) is 0 Å². The van der Waals surface area contributed by atoms with Crippen LogP contribution in [-0.2, 0) is 11.3 Å². The Morgan fingerprint density at radius 2 is 1.49 bits per heavy atom. The summed E-state index contributed by atoms with van der Waals surface area (Å²) in [5.41, 5.74) is 3.77. The van der Waals surface area contributed by atoms with Crippen molar-refractivity contribution in [2.24, 2.45) is 0 Å². The molecule has 0 bridgehead atoms. The molecule has 2 N–H and O–H groups in total. The van der Waals surface area contributed by atoms with Crippen LogP contribution in [0.3, 0.4) is 0 Å². The van der Waals surface area contributed by atoms with Crippen molar-refractivity contribution in [1.29, 1.82) is 0 Å². The number of benzene rings is 3. The number of hydrogen-bond acceptors (Lipinski definition) is 3. The predicted octanol–water partition coefficient (Wildman–Crippen LogP) is 4.52. The van der Waals surface area contributed by atoms with E-state index >= 15 is 0 Å². The minimum Gasteiger partial charge on any atom is -0.349 e. The Balaban J connectivity index is 1.18. The first-order valence-electron chi connectivity index (χ1n) is 12.2. The monoisotopic (exact) mass is 466 g/mol. The molecule has 0 aliphatic carbocycles. The Bertz CT molecular complexity index is 1290. The van der Waals surface area contributed by atoms with E-state index in [-0.39, 0.29) is 17.9 Å². The molecular formula is C29H30N4O2. The molecule has 1 saturated heterocycles. The fourth-order valence-corrected chi connectivity index (χ4v) is 4.76. The Hall–Kier alpha value is -3.90. The van der Waals surface area contributed by atoms with Gasteiger partial charge in [0.05, 0.1) is 12.1 Å². The maximum atomic E-state index is 13.3. The molecule has 1 aromatic heterocycles. The van der Waals surface area contributed by atoms with Gasteiger partial charge in [0, 0.05) is 48.5 Å². The summed E-state index contributed by atoms with van der Waals surface area (Å²) in [6, 6.07) is 28.0. The maximum Gasteiger partial charge on any atom is 0.253 e. The van der Waals surface area contributed by atoms with Crippen LogP contribution in [0.1, 0.15) is 28.8 Å². The zero-order valence-corrected chi connectivity index (χ0v) is 19.7. The van der Waals surface area contributed by atoms with Gasteiger partial charge in [0.15, 0.2) is 0 Å². The van der Waals surface area contributed by atoms with Crippen molar-refractivity contribution in [2.45, 2.75) is 25.4 Å². The Labute approximate surface area is 205 Å². The molecule has 2 amide bonds. The lowest BCUT2D eigenvalue weighted by molar-refractivity contribution is -0.117. The van der Waals surface area contributed by atoms with Crippen LogP contribution in [0, 0.1) is 0 Å². The van der Waals surface area contributed by atoms with E-state index in [9.17, 15) is 9.59 Å². The average Bonchev–Trinajstić information content (AvgIpc) is 3.25. The van der Waals surface area contributed by atoms with Crippen molar-refractivity contribution in [2.75, 3.05) is 25.0 Å². The van der Waals surface area contributed by atoms with Crippen LogP contribution in [0.5, 0.6) is 0 Å². The molecule has 0 radical (unpaired) electrons. The van der Waals surface area contributed by atoms with Crippen LogP contribution in [-0.4, -0.2) is 47.0 Å². The predicted molar refractivity (Wildman–Crippen MR) is 139 cm³/mol. The molecule has 0 unspecified atom stereocenters. The molecule has 1 aliphatic heterocycles. The quantitative estimate of drug-likeness (QED) is 0.421. The molecule has 5 rings (SSSR count). The van der Waals surface area contributed by atoms with Crippen molar-refractivity contribution >= 4 is 28.4 Å². The summed E-state index contributed by atoms with van der Waals surface area (Å²) >= 11 is 0. The van der Waals surface area contributed by atoms with E-state index in [1.54, 1.807) is 0 Å². The second-order valence-electron chi connectivity index (χ2n) is 9.11. The van der Waals surface area contributed by atoms with Crippen molar-refractivity contribution in [1.82, 2.24) is 14.8 Å². The number of para-hydroxylation sites is 2. The molecule has 2 heterocycles. The number of amides is 2. The lowest BCUT2D eigenvalue weighted by Gasteiger charge is -2.31. The number of anilines is 1. The summed E-state index contributed by atoms with van der Waals surface area (Å²) in [7, 11) is 0. The van der Waals surface area contributed by atoms with Gasteiger partial charge in [-0.3, -0.25) is 14.5 Å². The van der Waals surface area contributed by atoms with Crippen LogP contribution < -0.4 is 10.6 Å². The number of carbonyl (C=O) groups excluding carboxylic acids is 2. The summed E-state index contributed by atoms with van der Waals surface area (Å²) in [5.74, 6) is -0.0433. The largest absolute Gasteiger partial charge is 0.349 e. The van der Waals surface area contributed by atoms with Gasteiger partial charge < -0.3 is 15.2 Å². The zero-order valence-electron chi connectivity index (χ0n) is 19.7. The van der Waals surface area contributed by atoms with Crippen LogP contribution in [0.2, 0.25) is 0 Å². The highest BCUT2D eigenvalue weighted by Gasteiger charge is 2.24. The Kier molecular flexibility index (Phi) is 6.91. The third kappa shape index (κ3) is 5.61. The minimum absolute atomic E-state index is 0.00934. The molecule has 1 aliphatic rings. The molecule has 6 heteroatoms. The topological polar surface area (TPSA) is 66.4 Å².